The number of benzene rings is 1. The molecule has 0 aliphatic heterocycles. The number of carbonyl (C=O) groups excluding carboxylic acids is 1. The third-order valence-corrected chi connectivity index (χ3v) is 2.99. The number of nitrogens with zero attached hydrogens (tertiary/aromatic N) is 1. The highest BCUT2D eigenvalue weighted by Gasteiger charge is 2.22. The van der Waals surface area contributed by atoms with E-state index in [4.69, 9.17) is 0 Å². The number of hydrogen-bond donors (Lipinski definition) is 1. The topological polar surface area (TPSA) is 50.2 Å². The molecule has 1 N–H and O–H groups in total. The summed E-state index contributed by atoms with van der Waals surface area (Å²) in [6.07, 6.45) is -1.55. The van der Waals surface area contributed by atoms with Crippen LogP contribution in [0, 0.1) is 0 Å². The van der Waals surface area contributed by atoms with Crippen LogP contribution in [0.4, 0.5) is 8.78 Å². The quantitative estimate of drug-likeness (QED) is 0.874. The van der Waals surface area contributed by atoms with Crippen molar-refractivity contribution in [3.05, 3.63) is 57.8 Å². The molecule has 19 heavy (non-hydrogen) atoms. The van der Waals surface area contributed by atoms with E-state index in [0.717, 1.165) is 6.07 Å². The second-order valence-electron chi connectivity index (χ2n) is 3.73. The molecule has 6 heteroatoms. The van der Waals surface area contributed by atoms with E-state index >= 15 is 0 Å². The molecule has 0 aliphatic carbocycles. The summed E-state index contributed by atoms with van der Waals surface area (Å²) in [5.74, 6) is -1.02. The van der Waals surface area contributed by atoms with Gasteiger partial charge in [0.25, 0.3) is 6.43 Å². The Balaban J connectivity index is 2.53. The maximum absolute atomic E-state index is 12.8. The summed E-state index contributed by atoms with van der Waals surface area (Å²) in [6.45, 7) is 0. The summed E-state index contributed by atoms with van der Waals surface area (Å²) in [5, 5.41) is 9.64. The first-order valence-corrected chi connectivity index (χ1v) is 6.06. The highest BCUT2D eigenvalue weighted by atomic mass is 79.9. The zero-order chi connectivity index (χ0) is 14.0. The number of phenols is 1. The van der Waals surface area contributed by atoms with Gasteiger partial charge in [0.1, 0.15) is 11.4 Å². The number of alkyl halides is 2. The van der Waals surface area contributed by atoms with Gasteiger partial charge in [-0.2, -0.15) is 0 Å². The Hall–Kier alpha value is -1.82. The van der Waals surface area contributed by atoms with Crippen LogP contribution in [-0.4, -0.2) is 15.9 Å². The predicted octanol–water partition coefficient (Wildman–Crippen LogP) is 3.72. The molecule has 1 aromatic carbocycles. The molecule has 2 rings (SSSR count). The molecule has 2 aromatic rings. The van der Waals surface area contributed by atoms with E-state index in [0.29, 0.717) is 4.47 Å². The molecule has 1 heterocycles. The van der Waals surface area contributed by atoms with Gasteiger partial charge in [0.05, 0.1) is 5.56 Å². The molecule has 0 amide bonds. The Morgan fingerprint density at radius 3 is 2.74 bits per heavy atom. The van der Waals surface area contributed by atoms with Gasteiger partial charge in [-0.15, -0.1) is 0 Å². The van der Waals surface area contributed by atoms with Crippen LogP contribution in [0.15, 0.2) is 41.0 Å². The van der Waals surface area contributed by atoms with Gasteiger partial charge in [-0.3, -0.25) is 9.78 Å². The molecule has 0 fully saturated rings. The molecule has 0 unspecified atom stereocenters. The molecular weight excluding hydrogens is 320 g/mol. The van der Waals surface area contributed by atoms with Crippen LogP contribution in [0.25, 0.3) is 0 Å². The van der Waals surface area contributed by atoms with Crippen LogP contribution in [0.2, 0.25) is 0 Å². The first-order chi connectivity index (χ1) is 9.00. The number of carbonyl (C=O) groups is 1. The van der Waals surface area contributed by atoms with E-state index in [2.05, 4.69) is 20.9 Å². The van der Waals surface area contributed by atoms with E-state index in [1.807, 2.05) is 0 Å². The average molecular weight is 328 g/mol. The minimum Gasteiger partial charge on any atom is -0.507 e. The number of phenolic OH excluding ortho intramolecular Hbond substituents is 1. The van der Waals surface area contributed by atoms with Crippen LogP contribution in [0.3, 0.4) is 0 Å². The van der Waals surface area contributed by atoms with Gasteiger partial charge >= 0.3 is 0 Å². The third kappa shape index (κ3) is 2.78. The Morgan fingerprint density at radius 1 is 1.32 bits per heavy atom. The average Bonchev–Trinajstić information content (AvgIpc) is 2.40. The number of rotatable bonds is 3. The molecule has 3 nitrogen and oxygen atoms in total. The Bertz CT molecular complexity index is 632. The number of pyridine rings is 1. The lowest BCUT2D eigenvalue weighted by atomic mass is 10.0. The summed E-state index contributed by atoms with van der Waals surface area (Å²) < 4.78 is 26.2. The minimum absolute atomic E-state index is 0.0741. The van der Waals surface area contributed by atoms with Crippen molar-refractivity contribution in [2.24, 2.45) is 0 Å². The highest BCUT2D eigenvalue weighted by molar-refractivity contribution is 9.10. The lowest BCUT2D eigenvalue weighted by Gasteiger charge is -2.08. The number of aromatic nitrogens is 1. The standard InChI is InChI=1S/C13H8BrF2NO2/c14-7-3-4-10(18)9(6-7)12(19)11-8(13(15)16)2-1-5-17-11/h1-6,13,18H. The fourth-order valence-corrected chi connectivity index (χ4v) is 1.96. The minimum atomic E-state index is -2.80. The lowest BCUT2D eigenvalue weighted by Crippen LogP contribution is -2.08. The smallest absolute Gasteiger partial charge is 0.266 e. The van der Waals surface area contributed by atoms with E-state index in [9.17, 15) is 18.7 Å². The predicted molar refractivity (Wildman–Crippen MR) is 68.4 cm³/mol. The zero-order valence-electron chi connectivity index (χ0n) is 9.48. The Kier molecular flexibility index (Phi) is 3.90. The molecule has 0 radical (unpaired) electrons. The van der Waals surface area contributed by atoms with E-state index < -0.39 is 17.8 Å². The van der Waals surface area contributed by atoms with Crippen molar-refractivity contribution in [1.29, 1.82) is 0 Å². The second-order valence-corrected chi connectivity index (χ2v) is 4.65. The number of halogens is 3. The van der Waals surface area contributed by atoms with Gasteiger partial charge in [-0.1, -0.05) is 15.9 Å². The molecule has 0 spiro atoms. The number of hydrogen-bond acceptors (Lipinski definition) is 3. The van der Waals surface area contributed by atoms with Crippen LogP contribution in [-0.2, 0) is 0 Å². The third-order valence-electron chi connectivity index (χ3n) is 2.49. The highest BCUT2D eigenvalue weighted by Crippen LogP contribution is 2.28. The first kappa shape index (κ1) is 13.6. The summed E-state index contributed by atoms with van der Waals surface area (Å²) in [6, 6.07) is 6.68. The van der Waals surface area contributed by atoms with Crippen molar-refractivity contribution < 1.29 is 18.7 Å². The van der Waals surface area contributed by atoms with Crippen molar-refractivity contribution in [2.75, 3.05) is 0 Å². The van der Waals surface area contributed by atoms with E-state index in [-0.39, 0.29) is 17.0 Å². The normalized spacial score (nSPS) is 10.7. The summed E-state index contributed by atoms with van der Waals surface area (Å²) in [5.41, 5.74) is -0.882. The van der Waals surface area contributed by atoms with Crippen molar-refractivity contribution in [2.45, 2.75) is 6.43 Å². The summed E-state index contributed by atoms with van der Waals surface area (Å²) in [7, 11) is 0. The van der Waals surface area contributed by atoms with Gasteiger partial charge in [0, 0.05) is 16.2 Å². The van der Waals surface area contributed by atoms with Crippen molar-refractivity contribution >= 4 is 21.7 Å². The van der Waals surface area contributed by atoms with Crippen LogP contribution < -0.4 is 0 Å². The van der Waals surface area contributed by atoms with Gasteiger partial charge in [-0.25, -0.2) is 8.78 Å². The van der Waals surface area contributed by atoms with E-state index in [1.165, 1.54) is 24.4 Å². The molecular formula is C13H8BrF2NO2. The molecule has 0 atom stereocenters. The van der Waals surface area contributed by atoms with E-state index in [1.54, 1.807) is 6.07 Å². The molecule has 0 bridgehead atoms. The molecule has 0 saturated heterocycles. The summed E-state index contributed by atoms with van der Waals surface area (Å²) in [4.78, 5) is 15.9. The number of ketones is 1. The molecule has 0 saturated carbocycles. The SMILES string of the molecule is O=C(c1cc(Br)ccc1O)c1ncccc1C(F)F. The second kappa shape index (κ2) is 5.44. The molecule has 1 aromatic heterocycles. The Labute approximate surface area is 116 Å². The van der Waals surface area contributed by atoms with Crippen molar-refractivity contribution in [3.8, 4) is 5.75 Å². The van der Waals surface area contributed by atoms with Crippen molar-refractivity contribution in [1.82, 2.24) is 4.98 Å². The lowest BCUT2D eigenvalue weighted by molar-refractivity contribution is 0.101. The number of aromatic hydroxyl groups is 1. The maximum atomic E-state index is 12.8. The monoisotopic (exact) mass is 327 g/mol. The van der Waals surface area contributed by atoms with Gasteiger partial charge in [0.2, 0.25) is 5.78 Å². The largest absolute Gasteiger partial charge is 0.507 e. The maximum Gasteiger partial charge on any atom is 0.266 e. The van der Waals surface area contributed by atoms with Crippen LogP contribution >= 0.6 is 15.9 Å². The zero-order valence-corrected chi connectivity index (χ0v) is 11.1. The molecule has 0 aliphatic rings. The fourth-order valence-electron chi connectivity index (χ4n) is 1.60. The van der Waals surface area contributed by atoms with Gasteiger partial charge < -0.3 is 5.11 Å². The first-order valence-electron chi connectivity index (χ1n) is 5.27. The van der Waals surface area contributed by atoms with Crippen LogP contribution in [0.5, 0.6) is 5.75 Å². The van der Waals surface area contributed by atoms with Gasteiger partial charge in [-0.05, 0) is 30.3 Å². The van der Waals surface area contributed by atoms with Gasteiger partial charge in [0.15, 0.2) is 0 Å². The fraction of sp³-hybridized carbons (Fsp3) is 0.0769. The van der Waals surface area contributed by atoms with Crippen LogP contribution in [0.1, 0.15) is 28.0 Å². The molecule has 98 valence electrons. The van der Waals surface area contributed by atoms with Crippen molar-refractivity contribution in [3.63, 3.8) is 0 Å². The summed E-state index contributed by atoms with van der Waals surface area (Å²) >= 11 is 3.15. The Morgan fingerprint density at radius 2 is 2.05 bits per heavy atom.